The van der Waals surface area contributed by atoms with Crippen LogP contribution >= 0.6 is 11.6 Å². The van der Waals surface area contributed by atoms with E-state index >= 15 is 0 Å². The van der Waals surface area contributed by atoms with E-state index in [1.165, 1.54) is 12.1 Å². The molecule has 0 bridgehead atoms. The van der Waals surface area contributed by atoms with Gasteiger partial charge in [0.25, 0.3) is 0 Å². The van der Waals surface area contributed by atoms with Gasteiger partial charge in [0, 0.05) is 10.9 Å². The van der Waals surface area contributed by atoms with Crippen LogP contribution in [0.1, 0.15) is 35.1 Å². The lowest BCUT2D eigenvalue weighted by Gasteiger charge is -2.12. The molecule has 0 aromatic heterocycles. The molecule has 2 aromatic carbocycles. The zero-order chi connectivity index (χ0) is 12.7. The van der Waals surface area contributed by atoms with Crippen LogP contribution in [-0.4, -0.2) is 5.11 Å². The van der Waals surface area contributed by atoms with Gasteiger partial charge in [-0.05, 0) is 47.4 Å². The van der Waals surface area contributed by atoms with Crippen molar-refractivity contribution in [1.82, 2.24) is 0 Å². The molecular weight excluding hydrogens is 251 g/mol. The molecule has 18 heavy (non-hydrogen) atoms. The van der Waals surface area contributed by atoms with Crippen LogP contribution in [0.2, 0.25) is 5.02 Å². The average molecular weight is 263 g/mol. The third kappa shape index (κ3) is 1.92. The van der Waals surface area contributed by atoms with Crippen LogP contribution in [0.3, 0.4) is 0 Å². The molecule has 0 amide bonds. The van der Waals surface area contributed by atoms with Crippen molar-refractivity contribution in [3.8, 4) is 0 Å². The van der Waals surface area contributed by atoms with Crippen molar-refractivity contribution in [2.45, 2.75) is 18.4 Å². The van der Waals surface area contributed by atoms with E-state index in [0.29, 0.717) is 11.4 Å². The van der Waals surface area contributed by atoms with E-state index in [4.69, 9.17) is 11.6 Å². The standard InChI is InChI=1S/C15H12ClFO/c16-10-4-5-12-14(7-10)13(8-15(12)18)9-2-1-3-11(17)6-9/h1-7,13,15,18H,8H2. The lowest BCUT2D eigenvalue weighted by Crippen LogP contribution is -1.97. The first-order chi connectivity index (χ1) is 8.65. The van der Waals surface area contributed by atoms with Crippen molar-refractivity contribution in [2.75, 3.05) is 0 Å². The molecule has 0 fully saturated rings. The Morgan fingerprint density at radius 3 is 2.72 bits per heavy atom. The van der Waals surface area contributed by atoms with Gasteiger partial charge in [0.1, 0.15) is 5.82 Å². The Morgan fingerprint density at radius 1 is 1.11 bits per heavy atom. The maximum Gasteiger partial charge on any atom is 0.123 e. The summed E-state index contributed by atoms with van der Waals surface area (Å²) in [6.07, 6.45) is 0.0876. The lowest BCUT2D eigenvalue weighted by atomic mass is 9.93. The second kappa shape index (κ2) is 4.38. The van der Waals surface area contributed by atoms with Crippen molar-refractivity contribution in [1.29, 1.82) is 0 Å². The van der Waals surface area contributed by atoms with E-state index in [2.05, 4.69) is 0 Å². The number of aliphatic hydroxyl groups is 1. The number of hydrogen-bond acceptors (Lipinski definition) is 1. The number of rotatable bonds is 1. The van der Waals surface area contributed by atoms with Crippen molar-refractivity contribution in [3.63, 3.8) is 0 Å². The highest BCUT2D eigenvalue weighted by molar-refractivity contribution is 6.30. The molecule has 0 saturated carbocycles. The Hall–Kier alpha value is -1.38. The van der Waals surface area contributed by atoms with Gasteiger partial charge in [0.2, 0.25) is 0 Å². The second-order valence-corrected chi connectivity index (χ2v) is 5.07. The summed E-state index contributed by atoms with van der Waals surface area (Å²) in [5.41, 5.74) is 2.78. The normalized spacial score (nSPS) is 21.9. The smallest absolute Gasteiger partial charge is 0.123 e. The predicted molar refractivity (Wildman–Crippen MR) is 69.3 cm³/mol. The number of fused-ring (bicyclic) bond motifs is 1. The molecule has 1 aliphatic rings. The fraction of sp³-hybridized carbons (Fsp3) is 0.200. The molecule has 0 spiro atoms. The number of aliphatic hydroxyl groups excluding tert-OH is 1. The first-order valence-corrected chi connectivity index (χ1v) is 6.26. The summed E-state index contributed by atoms with van der Waals surface area (Å²) in [5, 5.41) is 10.7. The summed E-state index contributed by atoms with van der Waals surface area (Å²) in [5.74, 6) is -0.234. The zero-order valence-electron chi connectivity index (χ0n) is 9.61. The Bertz CT molecular complexity index is 597. The van der Waals surface area contributed by atoms with Gasteiger partial charge in [0.15, 0.2) is 0 Å². The van der Waals surface area contributed by atoms with Gasteiger partial charge in [-0.2, -0.15) is 0 Å². The highest BCUT2D eigenvalue weighted by Gasteiger charge is 2.30. The van der Waals surface area contributed by atoms with E-state index in [-0.39, 0.29) is 11.7 Å². The van der Waals surface area contributed by atoms with Crippen LogP contribution in [0.25, 0.3) is 0 Å². The minimum atomic E-state index is -0.495. The monoisotopic (exact) mass is 262 g/mol. The van der Waals surface area contributed by atoms with E-state index in [0.717, 1.165) is 16.7 Å². The number of benzene rings is 2. The Balaban J connectivity index is 2.09. The lowest BCUT2D eigenvalue weighted by molar-refractivity contribution is 0.176. The van der Waals surface area contributed by atoms with Gasteiger partial charge in [-0.25, -0.2) is 4.39 Å². The third-order valence-electron chi connectivity index (χ3n) is 3.49. The van der Waals surface area contributed by atoms with E-state index in [9.17, 15) is 9.50 Å². The second-order valence-electron chi connectivity index (χ2n) is 4.63. The first-order valence-electron chi connectivity index (χ1n) is 5.88. The van der Waals surface area contributed by atoms with Crippen LogP contribution in [0.15, 0.2) is 42.5 Å². The molecule has 92 valence electrons. The molecule has 1 aliphatic carbocycles. The minimum absolute atomic E-state index is 0.0180. The van der Waals surface area contributed by atoms with E-state index in [1.807, 2.05) is 18.2 Å². The molecule has 0 heterocycles. The van der Waals surface area contributed by atoms with Gasteiger partial charge in [-0.3, -0.25) is 0 Å². The Morgan fingerprint density at radius 2 is 1.94 bits per heavy atom. The van der Waals surface area contributed by atoms with Crippen LogP contribution in [0.5, 0.6) is 0 Å². The summed E-state index contributed by atoms with van der Waals surface area (Å²) in [4.78, 5) is 0. The molecule has 2 atom stereocenters. The molecular formula is C15H12ClFO. The molecule has 0 aliphatic heterocycles. The largest absolute Gasteiger partial charge is 0.388 e. The molecule has 2 aromatic rings. The summed E-state index contributed by atoms with van der Waals surface area (Å²) >= 11 is 6.00. The van der Waals surface area contributed by atoms with Gasteiger partial charge in [-0.15, -0.1) is 0 Å². The topological polar surface area (TPSA) is 20.2 Å². The molecule has 3 rings (SSSR count). The van der Waals surface area contributed by atoms with Crippen LogP contribution < -0.4 is 0 Å². The first kappa shape index (κ1) is 11.7. The van der Waals surface area contributed by atoms with Crippen LogP contribution in [0.4, 0.5) is 4.39 Å². The Kier molecular flexibility index (Phi) is 2.84. The minimum Gasteiger partial charge on any atom is -0.388 e. The number of hydrogen-bond donors (Lipinski definition) is 1. The SMILES string of the molecule is OC1CC(c2cccc(F)c2)c2cc(Cl)ccc21. The van der Waals surface area contributed by atoms with Gasteiger partial charge in [-0.1, -0.05) is 29.8 Å². The van der Waals surface area contributed by atoms with Gasteiger partial charge >= 0.3 is 0 Å². The molecule has 0 saturated heterocycles. The summed E-state index contributed by atoms with van der Waals surface area (Å²) in [6.45, 7) is 0. The zero-order valence-corrected chi connectivity index (χ0v) is 10.4. The number of halogens is 2. The Labute approximate surface area is 110 Å². The molecule has 1 N–H and O–H groups in total. The summed E-state index contributed by atoms with van der Waals surface area (Å²) in [6, 6.07) is 12.0. The van der Waals surface area contributed by atoms with E-state index < -0.39 is 6.10 Å². The van der Waals surface area contributed by atoms with Crippen molar-refractivity contribution < 1.29 is 9.50 Å². The van der Waals surface area contributed by atoms with Crippen LogP contribution in [-0.2, 0) is 0 Å². The van der Waals surface area contributed by atoms with Gasteiger partial charge in [0.05, 0.1) is 6.10 Å². The van der Waals surface area contributed by atoms with Crippen LogP contribution in [0, 0.1) is 5.82 Å². The average Bonchev–Trinajstić information content (AvgIpc) is 2.66. The fourth-order valence-electron chi connectivity index (χ4n) is 2.67. The quantitative estimate of drug-likeness (QED) is 0.822. The molecule has 2 unspecified atom stereocenters. The molecule has 1 nitrogen and oxygen atoms in total. The maximum atomic E-state index is 13.3. The van der Waals surface area contributed by atoms with Gasteiger partial charge < -0.3 is 5.11 Å². The molecule has 0 radical (unpaired) electrons. The van der Waals surface area contributed by atoms with Crippen molar-refractivity contribution in [3.05, 3.63) is 70.0 Å². The summed E-state index contributed by atoms with van der Waals surface area (Å²) in [7, 11) is 0. The fourth-order valence-corrected chi connectivity index (χ4v) is 2.85. The molecule has 3 heteroatoms. The summed E-state index contributed by atoms with van der Waals surface area (Å²) < 4.78 is 13.3. The predicted octanol–water partition coefficient (Wildman–Crippen LogP) is 4.05. The highest BCUT2D eigenvalue weighted by Crippen LogP contribution is 2.44. The van der Waals surface area contributed by atoms with Crippen molar-refractivity contribution >= 4 is 11.6 Å². The van der Waals surface area contributed by atoms with E-state index in [1.54, 1.807) is 12.1 Å². The maximum absolute atomic E-state index is 13.3. The van der Waals surface area contributed by atoms with Crippen molar-refractivity contribution in [2.24, 2.45) is 0 Å². The highest BCUT2D eigenvalue weighted by atomic mass is 35.5. The third-order valence-corrected chi connectivity index (χ3v) is 3.73.